The van der Waals surface area contributed by atoms with E-state index in [9.17, 15) is 4.79 Å². The van der Waals surface area contributed by atoms with E-state index in [4.69, 9.17) is 0 Å². The van der Waals surface area contributed by atoms with Crippen molar-refractivity contribution in [2.24, 2.45) is 0 Å². The molecule has 3 aromatic rings. The van der Waals surface area contributed by atoms with E-state index in [-0.39, 0.29) is 5.91 Å². The first kappa shape index (κ1) is 14.4. The number of nitrogens with one attached hydrogen (secondary N) is 1. The van der Waals surface area contributed by atoms with Crippen molar-refractivity contribution in [3.8, 4) is 0 Å². The fraction of sp³-hybridized carbons (Fsp3) is 0.0667. The Morgan fingerprint density at radius 1 is 1.14 bits per heavy atom. The van der Waals surface area contributed by atoms with E-state index in [1.54, 1.807) is 36.9 Å². The molecule has 7 heteroatoms. The number of anilines is 1. The lowest BCUT2D eigenvalue weighted by atomic mass is 10.3. The Morgan fingerprint density at radius 2 is 1.95 bits per heavy atom. The summed E-state index contributed by atoms with van der Waals surface area (Å²) in [4.78, 5) is 24.4. The second-order valence-corrected chi connectivity index (χ2v) is 5.47. The average molecular weight is 358 g/mol. The Morgan fingerprint density at radius 3 is 2.68 bits per heavy atom. The summed E-state index contributed by atoms with van der Waals surface area (Å²) < 4.78 is 2.68. The number of hydrogen-bond donors (Lipinski definition) is 1. The first-order chi connectivity index (χ1) is 10.7. The summed E-state index contributed by atoms with van der Waals surface area (Å²) in [5, 5.41) is 2.77. The summed E-state index contributed by atoms with van der Waals surface area (Å²) >= 11 is 3.29. The van der Waals surface area contributed by atoms with E-state index in [0.29, 0.717) is 18.2 Å². The second-order valence-electron chi connectivity index (χ2n) is 4.55. The standard InChI is InChI=1S/C15H12BrN5O/c16-12-1-2-13(19-9-12)14(22)20-15-18-7-8-21(15)10-11-3-5-17-6-4-11/h1-9H,10H2,(H,18,20,22). The molecule has 0 aliphatic rings. The minimum Gasteiger partial charge on any atom is -0.313 e. The first-order valence-corrected chi connectivity index (χ1v) is 7.34. The third-order valence-electron chi connectivity index (χ3n) is 3.00. The molecule has 0 saturated heterocycles. The van der Waals surface area contributed by atoms with E-state index in [1.807, 2.05) is 22.9 Å². The molecule has 0 unspecified atom stereocenters. The molecule has 110 valence electrons. The van der Waals surface area contributed by atoms with Crippen LogP contribution in [-0.2, 0) is 6.54 Å². The van der Waals surface area contributed by atoms with E-state index in [1.165, 1.54) is 0 Å². The lowest BCUT2D eigenvalue weighted by molar-refractivity contribution is 0.102. The van der Waals surface area contributed by atoms with Crippen molar-refractivity contribution in [1.29, 1.82) is 0 Å². The van der Waals surface area contributed by atoms with Gasteiger partial charge in [0.2, 0.25) is 5.95 Å². The van der Waals surface area contributed by atoms with Crippen LogP contribution in [0.1, 0.15) is 16.1 Å². The van der Waals surface area contributed by atoms with Crippen LogP contribution in [0, 0.1) is 0 Å². The molecule has 0 fully saturated rings. The molecule has 1 amide bonds. The van der Waals surface area contributed by atoms with Crippen molar-refractivity contribution in [2.75, 3.05) is 5.32 Å². The van der Waals surface area contributed by atoms with Gasteiger partial charge in [-0.25, -0.2) is 9.97 Å². The van der Waals surface area contributed by atoms with Crippen molar-refractivity contribution in [3.05, 3.63) is 71.0 Å². The molecule has 0 bridgehead atoms. The molecule has 0 aliphatic heterocycles. The summed E-state index contributed by atoms with van der Waals surface area (Å²) in [6.45, 7) is 0.603. The van der Waals surface area contributed by atoms with Crippen LogP contribution in [-0.4, -0.2) is 25.4 Å². The minimum absolute atomic E-state index is 0.297. The van der Waals surface area contributed by atoms with Crippen LogP contribution in [0.4, 0.5) is 5.95 Å². The molecule has 0 atom stereocenters. The first-order valence-electron chi connectivity index (χ1n) is 6.55. The number of pyridine rings is 2. The van der Waals surface area contributed by atoms with Crippen LogP contribution >= 0.6 is 15.9 Å². The summed E-state index contributed by atoms with van der Waals surface area (Å²) in [5.41, 5.74) is 1.41. The number of hydrogen-bond acceptors (Lipinski definition) is 4. The average Bonchev–Trinajstić information content (AvgIpc) is 2.96. The van der Waals surface area contributed by atoms with Gasteiger partial charge in [-0.15, -0.1) is 0 Å². The maximum atomic E-state index is 12.2. The number of carbonyl (C=O) groups is 1. The van der Waals surface area contributed by atoms with Crippen LogP contribution in [0.2, 0.25) is 0 Å². The van der Waals surface area contributed by atoms with Crippen molar-refractivity contribution < 1.29 is 4.79 Å². The molecule has 0 spiro atoms. The molecule has 0 aliphatic carbocycles. The van der Waals surface area contributed by atoms with Gasteiger partial charge in [0.05, 0.1) is 6.54 Å². The highest BCUT2D eigenvalue weighted by molar-refractivity contribution is 9.10. The Kier molecular flexibility index (Phi) is 4.24. The van der Waals surface area contributed by atoms with Gasteiger partial charge in [-0.1, -0.05) is 0 Å². The molecule has 3 rings (SSSR count). The number of halogens is 1. The van der Waals surface area contributed by atoms with Crippen LogP contribution in [0.15, 0.2) is 59.7 Å². The topological polar surface area (TPSA) is 72.7 Å². The van der Waals surface area contributed by atoms with Crippen molar-refractivity contribution in [1.82, 2.24) is 19.5 Å². The SMILES string of the molecule is O=C(Nc1nccn1Cc1ccncc1)c1ccc(Br)cn1. The predicted molar refractivity (Wildman–Crippen MR) is 85.5 cm³/mol. The lowest BCUT2D eigenvalue weighted by Crippen LogP contribution is -2.17. The smallest absolute Gasteiger partial charge is 0.276 e. The van der Waals surface area contributed by atoms with Gasteiger partial charge in [0.1, 0.15) is 5.69 Å². The van der Waals surface area contributed by atoms with Crippen LogP contribution in [0.25, 0.3) is 0 Å². The zero-order valence-electron chi connectivity index (χ0n) is 11.5. The molecular weight excluding hydrogens is 346 g/mol. The molecule has 0 saturated carbocycles. The zero-order chi connectivity index (χ0) is 15.4. The fourth-order valence-electron chi connectivity index (χ4n) is 1.92. The summed E-state index contributed by atoms with van der Waals surface area (Å²) in [5.74, 6) is 0.182. The summed E-state index contributed by atoms with van der Waals surface area (Å²) in [6, 6.07) is 7.25. The van der Waals surface area contributed by atoms with Crippen molar-refractivity contribution >= 4 is 27.8 Å². The molecule has 3 heterocycles. The molecule has 22 heavy (non-hydrogen) atoms. The normalized spacial score (nSPS) is 10.4. The molecule has 3 aromatic heterocycles. The predicted octanol–water partition coefficient (Wildman–Crippen LogP) is 2.74. The highest BCUT2D eigenvalue weighted by atomic mass is 79.9. The van der Waals surface area contributed by atoms with Gasteiger partial charge in [-0.3, -0.25) is 15.1 Å². The number of rotatable bonds is 4. The van der Waals surface area contributed by atoms with E-state index < -0.39 is 0 Å². The van der Waals surface area contributed by atoms with Gasteiger partial charge < -0.3 is 4.57 Å². The van der Waals surface area contributed by atoms with Crippen LogP contribution in [0.3, 0.4) is 0 Å². The van der Waals surface area contributed by atoms with E-state index in [2.05, 4.69) is 36.2 Å². The van der Waals surface area contributed by atoms with Crippen LogP contribution in [0.5, 0.6) is 0 Å². The fourth-order valence-corrected chi connectivity index (χ4v) is 2.16. The molecule has 6 nitrogen and oxygen atoms in total. The van der Waals surface area contributed by atoms with Crippen molar-refractivity contribution in [2.45, 2.75) is 6.54 Å². The van der Waals surface area contributed by atoms with E-state index in [0.717, 1.165) is 10.0 Å². The number of aromatic nitrogens is 4. The Bertz CT molecular complexity index is 770. The highest BCUT2D eigenvalue weighted by Crippen LogP contribution is 2.11. The highest BCUT2D eigenvalue weighted by Gasteiger charge is 2.11. The molecule has 0 aromatic carbocycles. The zero-order valence-corrected chi connectivity index (χ0v) is 13.1. The molecule has 0 radical (unpaired) electrons. The lowest BCUT2D eigenvalue weighted by Gasteiger charge is -2.08. The van der Waals surface area contributed by atoms with Crippen LogP contribution < -0.4 is 5.32 Å². The van der Waals surface area contributed by atoms with Gasteiger partial charge in [0.15, 0.2) is 0 Å². The van der Waals surface area contributed by atoms with Gasteiger partial charge in [0, 0.05) is 35.5 Å². The number of amides is 1. The second kappa shape index (κ2) is 6.48. The third kappa shape index (κ3) is 3.37. The van der Waals surface area contributed by atoms with Gasteiger partial charge in [0.25, 0.3) is 5.91 Å². The number of carbonyl (C=O) groups excluding carboxylic acids is 1. The van der Waals surface area contributed by atoms with Gasteiger partial charge in [-0.2, -0.15) is 0 Å². The number of nitrogens with zero attached hydrogens (tertiary/aromatic N) is 4. The Labute approximate surface area is 135 Å². The Balaban J connectivity index is 1.75. The quantitative estimate of drug-likeness (QED) is 0.778. The minimum atomic E-state index is -0.297. The summed E-state index contributed by atoms with van der Waals surface area (Å²) in [6.07, 6.45) is 8.50. The van der Waals surface area contributed by atoms with E-state index >= 15 is 0 Å². The maximum Gasteiger partial charge on any atom is 0.276 e. The van der Waals surface area contributed by atoms with Crippen molar-refractivity contribution in [3.63, 3.8) is 0 Å². The number of imidazole rings is 1. The Hall–Kier alpha value is -2.54. The monoisotopic (exact) mass is 357 g/mol. The van der Waals surface area contributed by atoms with Gasteiger partial charge in [-0.05, 0) is 45.8 Å². The largest absolute Gasteiger partial charge is 0.313 e. The van der Waals surface area contributed by atoms with Gasteiger partial charge >= 0.3 is 0 Å². The maximum absolute atomic E-state index is 12.2. The molecule has 1 N–H and O–H groups in total. The summed E-state index contributed by atoms with van der Waals surface area (Å²) in [7, 11) is 0. The molecular formula is C15H12BrN5O. The third-order valence-corrected chi connectivity index (χ3v) is 3.47.